The Balaban J connectivity index is 1.95. The SMILES string of the molecule is Cc1cc(C)c(Nc2cc(S(=O)(=O)O)c(N)c3c2C(=O)c2ccccc2C3=O)c(C)c1CNC(=O)CCl. The van der Waals surface area contributed by atoms with Gasteiger partial charge in [0.15, 0.2) is 11.6 Å². The average molecular weight is 542 g/mol. The van der Waals surface area contributed by atoms with Crippen molar-refractivity contribution >= 4 is 56.3 Å². The number of amides is 1. The number of fused-ring (bicyclic) bond motifs is 2. The van der Waals surface area contributed by atoms with Crippen LogP contribution in [0.1, 0.15) is 54.1 Å². The Morgan fingerprint density at radius 1 is 1.00 bits per heavy atom. The number of ketones is 2. The summed E-state index contributed by atoms with van der Waals surface area (Å²) in [7, 11) is -4.84. The van der Waals surface area contributed by atoms with Crippen molar-refractivity contribution in [3.8, 4) is 0 Å². The average Bonchev–Trinajstić information content (AvgIpc) is 2.84. The minimum absolute atomic E-state index is 0.00419. The lowest BCUT2D eigenvalue weighted by Gasteiger charge is -2.25. The number of nitrogens with two attached hydrogens (primary N) is 1. The Labute approximate surface area is 218 Å². The normalized spacial score (nSPS) is 12.7. The van der Waals surface area contributed by atoms with E-state index in [0.717, 1.165) is 28.3 Å². The summed E-state index contributed by atoms with van der Waals surface area (Å²) in [5.74, 6) is -1.68. The molecule has 0 unspecified atom stereocenters. The van der Waals surface area contributed by atoms with Crippen LogP contribution in [0.3, 0.4) is 0 Å². The quantitative estimate of drug-likeness (QED) is 0.163. The van der Waals surface area contributed by atoms with Crippen LogP contribution in [0, 0.1) is 20.8 Å². The number of nitrogen functional groups attached to an aromatic ring is 1. The van der Waals surface area contributed by atoms with E-state index < -0.39 is 32.3 Å². The van der Waals surface area contributed by atoms with Crippen LogP contribution >= 0.6 is 11.6 Å². The molecule has 0 fully saturated rings. The van der Waals surface area contributed by atoms with Gasteiger partial charge in [-0.1, -0.05) is 30.3 Å². The predicted molar refractivity (Wildman–Crippen MR) is 140 cm³/mol. The van der Waals surface area contributed by atoms with Gasteiger partial charge in [-0.15, -0.1) is 11.6 Å². The molecule has 192 valence electrons. The molecule has 0 aliphatic heterocycles. The van der Waals surface area contributed by atoms with E-state index >= 15 is 0 Å². The number of rotatable bonds is 6. The summed E-state index contributed by atoms with van der Waals surface area (Å²) < 4.78 is 34.2. The van der Waals surface area contributed by atoms with Crippen LogP contribution in [-0.4, -0.2) is 36.3 Å². The van der Waals surface area contributed by atoms with Crippen LogP contribution in [0.4, 0.5) is 17.1 Å². The maximum absolute atomic E-state index is 13.6. The third-order valence-corrected chi connectivity index (χ3v) is 7.59. The highest BCUT2D eigenvalue weighted by Crippen LogP contribution is 2.41. The summed E-state index contributed by atoms with van der Waals surface area (Å²) in [6.45, 7) is 5.70. The predicted octanol–water partition coefficient (Wildman–Crippen LogP) is 3.81. The molecule has 1 aliphatic rings. The molecular formula is C26H24ClN3O6S. The Morgan fingerprint density at radius 3 is 2.16 bits per heavy atom. The number of carbonyl (C=O) groups excluding carboxylic acids is 3. The number of hydrogen-bond acceptors (Lipinski definition) is 7. The van der Waals surface area contributed by atoms with Crippen molar-refractivity contribution in [3.05, 3.63) is 80.9 Å². The molecule has 1 amide bonds. The Hall–Kier alpha value is -3.73. The van der Waals surface area contributed by atoms with Gasteiger partial charge in [-0.2, -0.15) is 8.42 Å². The number of carbonyl (C=O) groups is 3. The summed E-state index contributed by atoms with van der Waals surface area (Å²) in [6, 6.07) is 9.09. The van der Waals surface area contributed by atoms with Crippen molar-refractivity contribution in [1.29, 1.82) is 0 Å². The summed E-state index contributed by atoms with van der Waals surface area (Å²) in [6.07, 6.45) is 0. The number of alkyl halides is 1. The first kappa shape index (κ1) is 26.3. The van der Waals surface area contributed by atoms with Crippen molar-refractivity contribution < 1.29 is 27.4 Å². The molecule has 4 rings (SSSR count). The van der Waals surface area contributed by atoms with Gasteiger partial charge < -0.3 is 16.4 Å². The molecule has 11 heteroatoms. The van der Waals surface area contributed by atoms with Gasteiger partial charge in [-0.3, -0.25) is 18.9 Å². The Bertz CT molecular complexity index is 1620. The van der Waals surface area contributed by atoms with Gasteiger partial charge in [0, 0.05) is 23.4 Å². The zero-order chi connectivity index (χ0) is 27.2. The third kappa shape index (κ3) is 4.59. The van der Waals surface area contributed by atoms with E-state index in [0.29, 0.717) is 5.69 Å². The molecule has 3 aromatic carbocycles. The van der Waals surface area contributed by atoms with Crippen LogP contribution in [0.2, 0.25) is 0 Å². The zero-order valence-electron chi connectivity index (χ0n) is 20.2. The van der Waals surface area contributed by atoms with Crippen molar-refractivity contribution in [3.63, 3.8) is 0 Å². The van der Waals surface area contributed by atoms with Crippen molar-refractivity contribution in [2.24, 2.45) is 0 Å². The molecule has 0 aromatic heterocycles. The van der Waals surface area contributed by atoms with Crippen LogP contribution < -0.4 is 16.4 Å². The van der Waals surface area contributed by atoms with Crippen molar-refractivity contribution in [2.45, 2.75) is 32.2 Å². The minimum atomic E-state index is -4.84. The Kier molecular flexibility index (Phi) is 6.85. The fourth-order valence-corrected chi connectivity index (χ4v) is 5.41. The maximum Gasteiger partial charge on any atom is 0.296 e. The van der Waals surface area contributed by atoms with E-state index in [4.69, 9.17) is 17.3 Å². The first-order valence-corrected chi connectivity index (χ1v) is 13.2. The smallest absolute Gasteiger partial charge is 0.296 e. The fraction of sp³-hybridized carbons (Fsp3) is 0.192. The topological polar surface area (TPSA) is 156 Å². The second-order valence-electron chi connectivity index (χ2n) is 8.79. The van der Waals surface area contributed by atoms with E-state index in [1.807, 2.05) is 19.9 Å². The largest absolute Gasteiger partial charge is 0.397 e. The number of hydrogen-bond donors (Lipinski definition) is 4. The first-order valence-electron chi connectivity index (χ1n) is 11.2. The summed E-state index contributed by atoms with van der Waals surface area (Å²) in [5, 5.41) is 5.84. The lowest BCUT2D eigenvalue weighted by Crippen LogP contribution is -2.25. The van der Waals surface area contributed by atoms with Crippen LogP contribution in [0.15, 0.2) is 41.3 Å². The fourth-order valence-electron chi connectivity index (χ4n) is 4.67. The lowest BCUT2D eigenvalue weighted by atomic mass is 9.82. The first-order chi connectivity index (χ1) is 17.4. The van der Waals surface area contributed by atoms with E-state index in [9.17, 15) is 27.4 Å². The van der Waals surface area contributed by atoms with E-state index in [1.165, 1.54) is 12.1 Å². The molecule has 9 nitrogen and oxygen atoms in total. The highest BCUT2D eigenvalue weighted by molar-refractivity contribution is 7.86. The zero-order valence-corrected chi connectivity index (χ0v) is 21.8. The number of anilines is 3. The van der Waals surface area contributed by atoms with Crippen molar-refractivity contribution in [1.82, 2.24) is 5.32 Å². The van der Waals surface area contributed by atoms with E-state index in [-0.39, 0.29) is 46.3 Å². The lowest BCUT2D eigenvalue weighted by molar-refractivity contribution is -0.118. The van der Waals surface area contributed by atoms with E-state index in [1.54, 1.807) is 19.1 Å². The van der Waals surface area contributed by atoms with Crippen molar-refractivity contribution in [2.75, 3.05) is 16.9 Å². The molecule has 3 aromatic rings. The molecule has 0 saturated carbocycles. The number of aryl methyl sites for hydroxylation is 2. The highest BCUT2D eigenvalue weighted by Gasteiger charge is 2.36. The maximum atomic E-state index is 13.6. The molecule has 0 bridgehead atoms. The number of halogens is 1. The van der Waals surface area contributed by atoms with Crippen LogP contribution in [0.25, 0.3) is 0 Å². The summed E-state index contributed by atoms with van der Waals surface area (Å²) in [4.78, 5) is 38.0. The monoisotopic (exact) mass is 541 g/mol. The number of benzene rings is 3. The van der Waals surface area contributed by atoms with Gasteiger partial charge in [-0.05, 0) is 49.1 Å². The molecule has 0 spiro atoms. The molecule has 0 radical (unpaired) electrons. The molecular weight excluding hydrogens is 518 g/mol. The van der Waals surface area contributed by atoms with Gasteiger partial charge in [0.1, 0.15) is 10.8 Å². The van der Waals surface area contributed by atoms with Gasteiger partial charge in [0.25, 0.3) is 10.1 Å². The van der Waals surface area contributed by atoms with Gasteiger partial charge in [-0.25, -0.2) is 0 Å². The van der Waals surface area contributed by atoms with Gasteiger partial charge in [0.05, 0.1) is 22.5 Å². The van der Waals surface area contributed by atoms with Crippen LogP contribution in [0.5, 0.6) is 0 Å². The van der Waals surface area contributed by atoms with Gasteiger partial charge in [0.2, 0.25) is 5.91 Å². The highest BCUT2D eigenvalue weighted by atomic mass is 35.5. The summed E-state index contributed by atoms with van der Waals surface area (Å²) in [5.41, 5.74) is 9.12. The van der Waals surface area contributed by atoms with E-state index in [2.05, 4.69) is 10.6 Å². The second-order valence-corrected chi connectivity index (χ2v) is 10.4. The minimum Gasteiger partial charge on any atom is -0.397 e. The van der Waals surface area contributed by atoms with Crippen LogP contribution in [-0.2, 0) is 21.5 Å². The molecule has 5 N–H and O–H groups in total. The molecule has 37 heavy (non-hydrogen) atoms. The van der Waals surface area contributed by atoms with Gasteiger partial charge >= 0.3 is 0 Å². The molecule has 0 atom stereocenters. The second kappa shape index (κ2) is 9.62. The number of nitrogens with one attached hydrogen (secondary N) is 2. The molecule has 0 saturated heterocycles. The third-order valence-electron chi connectivity index (χ3n) is 6.45. The Morgan fingerprint density at radius 2 is 1.59 bits per heavy atom. The standard InChI is InChI=1S/C26H24ClN3O6S/c1-12-8-13(2)24(14(3)17(12)11-29-20(31)10-27)30-18-9-19(37(34,35)36)23(28)22-21(18)25(32)15-6-4-5-7-16(15)26(22)33/h4-9,30H,10-11,28H2,1-3H3,(H,29,31)(H,34,35,36). The molecule has 1 aliphatic carbocycles. The summed E-state index contributed by atoms with van der Waals surface area (Å²) >= 11 is 5.59. The molecule has 0 heterocycles.